The molecular formula is C14H19N3O2S. The molecule has 2 aromatic heterocycles. The number of hydrogen-bond donors (Lipinski definition) is 1. The Kier molecular flexibility index (Phi) is 3.94. The van der Waals surface area contributed by atoms with E-state index in [2.05, 4.69) is 15.3 Å². The van der Waals surface area contributed by atoms with Crippen molar-refractivity contribution in [3.8, 4) is 0 Å². The molecule has 0 aliphatic heterocycles. The van der Waals surface area contributed by atoms with Crippen LogP contribution in [-0.2, 0) is 16.6 Å². The number of aromatic nitrogens is 2. The summed E-state index contributed by atoms with van der Waals surface area (Å²) in [6.45, 7) is 9.83. The number of anilines is 1. The number of thiazole rings is 1. The Balaban J connectivity index is 2.06. The van der Waals surface area contributed by atoms with Crippen LogP contribution in [0.5, 0.6) is 0 Å². The molecule has 2 aromatic rings. The smallest absolute Gasteiger partial charge is 0.233 e. The first-order valence-corrected chi connectivity index (χ1v) is 7.32. The summed E-state index contributed by atoms with van der Waals surface area (Å²) in [4.78, 5) is 20.6. The lowest BCUT2D eigenvalue weighted by Crippen LogP contribution is -2.14. The van der Waals surface area contributed by atoms with Gasteiger partial charge in [0.2, 0.25) is 5.91 Å². The van der Waals surface area contributed by atoms with E-state index in [1.54, 1.807) is 0 Å². The van der Waals surface area contributed by atoms with Crippen molar-refractivity contribution >= 4 is 22.4 Å². The fourth-order valence-corrected chi connectivity index (χ4v) is 2.34. The van der Waals surface area contributed by atoms with Crippen LogP contribution in [0.25, 0.3) is 0 Å². The molecule has 2 heterocycles. The van der Waals surface area contributed by atoms with E-state index in [0.29, 0.717) is 16.8 Å². The molecule has 0 spiro atoms. The van der Waals surface area contributed by atoms with Crippen LogP contribution in [0.1, 0.15) is 43.8 Å². The van der Waals surface area contributed by atoms with Crippen molar-refractivity contribution < 1.29 is 9.21 Å². The number of carbonyl (C=O) groups excluding carboxylic acids is 1. The molecule has 108 valence electrons. The predicted octanol–water partition coefficient (Wildman–Crippen LogP) is 3.23. The first-order valence-electron chi connectivity index (χ1n) is 6.44. The monoisotopic (exact) mass is 293 g/mol. The summed E-state index contributed by atoms with van der Waals surface area (Å²) in [5.74, 6) is 1.13. The van der Waals surface area contributed by atoms with Crippen LogP contribution in [0.15, 0.2) is 9.80 Å². The van der Waals surface area contributed by atoms with Gasteiger partial charge in [-0.1, -0.05) is 20.8 Å². The molecule has 0 aliphatic carbocycles. The quantitative estimate of drug-likeness (QED) is 0.943. The molecule has 0 aromatic carbocycles. The molecule has 0 unspecified atom stereocenters. The number of hydrogen-bond acceptors (Lipinski definition) is 5. The number of nitrogens with zero attached hydrogens (tertiary/aromatic N) is 2. The van der Waals surface area contributed by atoms with Crippen molar-refractivity contribution in [3.05, 3.63) is 28.4 Å². The summed E-state index contributed by atoms with van der Waals surface area (Å²) < 4.78 is 5.70. The standard InChI is InChI=1S/C14H19N3O2S/c1-8-7-20-13(15-8)17-11(18)6-10-9(2)16-12(19-10)14(3,4)5/h7H,6H2,1-5H3,(H,15,17,18). The van der Waals surface area contributed by atoms with Crippen LogP contribution in [0.4, 0.5) is 5.13 Å². The molecule has 6 heteroatoms. The SMILES string of the molecule is Cc1csc(NC(=O)Cc2oc(C(C)(C)C)nc2C)n1. The molecule has 0 aliphatic rings. The van der Waals surface area contributed by atoms with E-state index in [9.17, 15) is 4.79 Å². The van der Waals surface area contributed by atoms with Gasteiger partial charge in [-0.25, -0.2) is 9.97 Å². The van der Waals surface area contributed by atoms with Crippen molar-refractivity contribution in [2.75, 3.05) is 5.32 Å². The van der Waals surface area contributed by atoms with Gasteiger partial charge in [-0.05, 0) is 13.8 Å². The second-order valence-corrected chi connectivity index (χ2v) is 6.65. The first kappa shape index (κ1) is 14.7. The van der Waals surface area contributed by atoms with E-state index in [0.717, 1.165) is 11.4 Å². The van der Waals surface area contributed by atoms with Crippen molar-refractivity contribution in [1.29, 1.82) is 0 Å². The van der Waals surface area contributed by atoms with Gasteiger partial charge in [-0.3, -0.25) is 4.79 Å². The highest BCUT2D eigenvalue weighted by molar-refractivity contribution is 7.13. The fourth-order valence-electron chi connectivity index (χ4n) is 1.63. The Morgan fingerprint density at radius 2 is 2.05 bits per heavy atom. The molecular weight excluding hydrogens is 274 g/mol. The zero-order valence-electron chi connectivity index (χ0n) is 12.4. The average Bonchev–Trinajstić information content (AvgIpc) is 2.86. The lowest BCUT2D eigenvalue weighted by molar-refractivity contribution is -0.115. The Hall–Kier alpha value is -1.69. The molecule has 0 radical (unpaired) electrons. The number of carbonyl (C=O) groups is 1. The number of oxazole rings is 1. The number of rotatable bonds is 3. The van der Waals surface area contributed by atoms with Crippen molar-refractivity contribution in [1.82, 2.24) is 9.97 Å². The highest BCUT2D eigenvalue weighted by Crippen LogP contribution is 2.24. The average molecular weight is 293 g/mol. The lowest BCUT2D eigenvalue weighted by atomic mass is 9.97. The van der Waals surface area contributed by atoms with Crippen LogP contribution in [0.2, 0.25) is 0 Å². The maximum atomic E-state index is 12.0. The molecule has 5 nitrogen and oxygen atoms in total. The van der Waals surface area contributed by atoms with Crippen molar-refractivity contribution in [2.24, 2.45) is 0 Å². The second-order valence-electron chi connectivity index (χ2n) is 5.80. The van der Waals surface area contributed by atoms with Gasteiger partial charge in [-0.2, -0.15) is 0 Å². The minimum absolute atomic E-state index is 0.140. The van der Waals surface area contributed by atoms with Gasteiger partial charge in [0.05, 0.1) is 17.8 Å². The van der Waals surface area contributed by atoms with E-state index in [-0.39, 0.29) is 17.7 Å². The Labute approximate surface area is 122 Å². The third-order valence-corrected chi connectivity index (χ3v) is 3.60. The lowest BCUT2D eigenvalue weighted by Gasteiger charge is -2.12. The van der Waals surface area contributed by atoms with Crippen LogP contribution in [-0.4, -0.2) is 15.9 Å². The van der Waals surface area contributed by atoms with Crippen molar-refractivity contribution in [3.63, 3.8) is 0 Å². The summed E-state index contributed by atoms with van der Waals surface area (Å²) in [6.07, 6.45) is 0.174. The van der Waals surface area contributed by atoms with Gasteiger partial charge in [0.1, 0.15) is 5.76 Å². The molecule has 20 heavy (non-hydrogen) atoms. The van der Waals surface area contributed by atoms with Crippen LogP contribution in [0, 0.1) is 13.8 Å². The van der Waals surface area contributed by atoms with Crippen LogP contribution < -0.4 is 5.32 Å². The van der Waals surface area contributed by atoms with Gasteiger partial charge in [-0.15, -0.1) is 11.3 Å². The molecule has 0 bridgehead atoms. The highest BCUT2D eigenvalue weighted by atomic mass is 32.1. The van der Waals surface area contributed by atoms with E-state index in [1.807, 2.05) is 40.0 Å². The van der Waals surface area contributed by atoms with Crippen LogP contribution >= 0.6 is 11.3 Å². The third kappa shape index (κ3) is 3.45. The maximum Gasteiger partial charge on any atom is 0.233 e. The van der Waals surface area contributed by atoms with E-state index < -0.39 is 0 Å². The molecule has 0 atom stereocenters. The van der Waals surface area contributed by atoms with E-state index in [1.165, 1.54) is 11.3 Å². The zero-order chi connectivity index (χ0) is 14.9. The molecule has 0 fully saturated rings. The van der Waals surface area contributed by atoms with Gasteiger partial charge >= 0.3 is 0 Å². The topological polar surface area (TPSA) is 68.0 Å². The first-order chi connectivity index (χ1) is 9.25. The zero-order valence-corrected chi connectivity index (χ0v) is 13.2. The van der Waals surface area contributed by atoms with E-state index in [4.69, 9.17) is 4.42 Å². The molecule has 0 saturated carbocycles. The third-order valence-electron chi connectivity index (χ3n) is 2.72. The van der Waals surface area contributed by atoms with E-state index >= 15 is 0 Å². The van der Waals surface area contributed by atoms with Gasteiger partial charge < -0.3 is 9.73 Å². The van der Waals surface area contributed by atoms with Crippen LogP contribution in [0.3, 0.4) is 0 Å². The molecule has 2 rings (SSSR count). The summed E-state index contributed by atoms with van der Waals surface area (Å²) >= 11 is 1.41. The fraction of sp³-hybridized carbons (Fsp3) is 0.500. The predicted molar refractivity (Wildman–Crippen MR) is 79.1 cm³/mol. The number of amides is 1. The largest absolute Gasteiger partial charge is 0.444 e. The van der Waals surface area contributed by atoms with Gasteiger partial charge in [0.25, 0.3) is 0 Å². The maximum absolute atomic E-state index is 12.0. The highest BCUT2D eigenvalue weighted by Gasteiger charge is 2.23. The Bertz CT molecular complexity index is 623. The molecule has 1 N–H and O–H groups in total. The van der Waals surface area contributed by atoms with Crippen molar-refractivity contribution in [2.45, 2.75) is 46.5 Å². The second kappa shape index (κ2) is 5.36. The molecule has 0 saturated heterocycles. The minimum atomic E-state index is -0.161. The Morgan fingerprint density at radius 3 is 2.55 bits per heavy atom. The Morgan fingerprint density at radius 1 is 1.35 bits per heavy atom. The summed E-state index contributed by atoms with van der Waals surface area (Å²) in [5.41, 5.74) is 1.50. The molecule has 1 amide bonds. The summed E-state index contributed by atoms with van der Waals surface area (Å²) in [5, 5.41) is 5.27. The number of aryl methyl sites for hydroxylation is 2. The van der Waals surface area contributed by atoms with Gasteiger partial charge in [0, 0.05) is 10.8 Å². The van der Waals surface area contributed by atoms with Gasteiger partial charge in [0.15, 0.2) is 11.0 Å². The minimum Gasteiger partial charge on any atom is -0.444 e. The number of nitrogens with one attached hydrogen (secondary N) is 1. The summed E-state index contributed by atoms with van der Waals surface area (Å²) in [7, 11) is 0. The summed E-state index contributed by atoms with van der Waals surface area (Å²) in [6, 6.07) is 0. The normalized spacial score (nSPS) is 11.7.